The predicted molar refractivity (Wildman–Crippen MR) is 60.1 cm³/mol. The van der Waals surface area contributed by atoms with Crippen molar-refractivity contribution in [2.24, 2.45) is 0 Å². The number of rotatable bonds is 6. The standard InChI is InChI=1S/C8H9NO5S2/c9-6-3-1-2-4-7(6)16-12-8(10)5-15-14-13-11/h1-4,11H,5,9H2. The minimum absolute atomic E-state index is 0.111. The molecular formula is C8H9NO5S2. The Morgan fingerprint density at radius 1 is 1.44 bits per heavy atom. The van der Waals surface area contributed by atoms with Crippen LogP contribution in [-0.4, -0.2) is 17.0 Å². The molecule has 0 heterocycles. The topological polar surface area (TPSA) is 91.0 Å². The number of para-hydroxylation sites is 1. The van der Waals surface area contributed by atoms with Gasteiger partial charge in [0.2, 0.25) is 0 Å². The van der Waals surface area contributed by atoms with Crippen molar-refractivity contribution in [3.05, 3.63) is 24.3 Å². The van der Waals surface area contributed by atoms with Crippen molar-refractivity contribution in [1.29, 1.82) is 0 Å². The van der Waals surface area contributed by atoms with Crippen LogP contribution < -0.4 is 5.73 Å². The second-order valence-electron chi connectivity index (χ2n) is 2.48. The lowest BCUT2D eigenvalue weighted by atomic mass is 10.3. The maximum Gasteiger partial charge on any atom is 0.330 e. The molecule has 3 N–H and O–H groups in total. The highest BCUT2D eigenvalue weighted by atomic mass is 32.2. The van der Waals surface area contributed by atoms with Gasteiger partial charge < -0.3 is 9.92 Å². The van der Waals surface area contributed by atoms with E-state index in [2.05, 4.69) is 9.37 Å². The lowest BCUT2D eigenvalue weighted by Crippen LogP contribution is -2.03. The number of benzene rings is 1. The van der Waals surface area contributed by atoms with Crippen molar-refractivity contribution >= 4 is 35.7 Å². The zero-order valence-corrected chi connectivity index (χ0v) is 9.62. The first-order chi connectivity index (χ1) is 7.74. The van der Waals surface area contributed by atoms with Gasteiger partial charge in [0.15, 0.2) is 0 Å². The molecule has 1 aromatic rings. The summed E-state index contributed by atoms with van der Waals surface area (Å²) in [4.78, 5) is 11.7. The van der Waals surface area contributed by atoms with Gasteiger partial charge in [-0.05, 0) is 12.1 Å². The van der Waals surface area contributed by atoms with Crippen LogP contribution in [0, 0.1) is 0 Å². The Hall–Kier alpha value is -0.930. The molecule has 0 aromatic heterocycles. The highest BCUT2D eigenvalue weighted by Crippen LogP contribution is 2.25. The third kappa shape index (κ3) is 4.73. The van der Waals surface area contributed by atoms with Gasteiger partial charge in [0, 0.05) is 17.7 Å². The molecule has 0 aliphatic rings. The van der Waals surface area contributed by atoms with Crippen molar-refractivity contribution in [1.82, 2.24) is 0 Å². The van der Waals surface area contributed by atoms with Gasteiger partial charge in [0.1, 0.15) is 5.75 Å². The number of nitrogens with two attached hydrogens (primary N) is 1. The van der Waals surface area contributed by atoms with E-state index in [0.29, 0.717) is 22.6 Å². The van der Waals surface area contributed by atoms with Crippen molar-refractivity contribution < 1.29 is 23.6 Å². The Morgan fingerprint density at radius 3 is 2.88 bits per heavy atom. The van der Waals surface area contributed by atoms with Crippen LogP contribution in [0.1, 0.15) is 0 Å². The molecule has 16 heavy (non-hydrogen) atoms. The number of carbonyl (C=O) groups excluding carboxylic acids is 1. The van der Waals surface area contributed by atoms with Crippen LogP contribution in [0.25, 0.3) is 0 Å². The fourth-order valence-electron chi connectivity index (χ4n) is 0.766. The predicted octanol–water partition coefficient (Wildman–Crippen LogP) is 1.89. The van der Waals surface area contributed by atoms with E-state index in [1.54, 1.807) is 24.3 Å². The highest BCUT2D eigenvalue weighted by molar-refractivity contribution is 7.96. The second kappa shape index (κ2) is 7.36. The molecule has 6 nitrogen and oxygen atoms in total. The number of carbonyl (C=O) groups is 1. The lowest BCUT2D eigenvalue weighted by molar-refractivity contribution is -0.432. The van der Waals surface area contributed by atoms with Crippen molar-refractivity contribution in [2.75, 3.05) is 11.5 Å². The summed E-state index contributed by atoms with van der Waals surface area (Å²) in [7, 11) is 0. The van der Waals surface area contributed by atoms with Gasteiger partial charge in [-0.15, -0.1) is 4.33 Å². The minimum Gasteiger partial charge on any atom is -0.398 e. The Kier molecular flexibility index (Phi) is 6.04. The summed E-state index contributed by atoms with van der Waals surface area (Å²) >= 11 is 1.48. The Bertz CT molecular complexity index is 349. The van der Waals surface area contributed by atoms with E-state index in [-0.39, 0.29) is 5.75 Å². The van der Waals surface area contributed by atoms with Crippen LogP contribution in [0.4, 0.5) is 5.69 Å². The quantitative estimate of drug-likeness (QED) is 0.264. The van der Waals surface area contributed by atoms with Gasteiger partial charge in [-0.3, -0.25) is 4.79 Å². The molecule has 0 saturated carbocycles. The molecule has 0 radical (unpaired) electrons. The third-order valence-electron chi connectivity index (χ3n) is 1.40. The monoisotopic (exact) mass is 263 g/mol. The highest BCUT2D eigenvalue weighted by Gasteiger charge is 2.07. The molecule has 88 valence electrons. The van der Waals surface area contributed by atoms with Crippen molar-refractivity contribution in [3.8, 4) is 0 Å². The van der Waals surface area contributed by atoms with E-state index in [4.69, 9.17) is 15.2 Å². The Morgan fingerprint density at radius 2 is 2.19 bits per heavy atom. The molecule has 0 atom stereocenters. The summed E-state index contributed by atoms with van der Waals surface area (Å²) < 4.78 is 8.83. The summed E-state index contributed by atoms with van der Waals surface area (Å²) in [6.07, 6.45) is 0. The fourth-order valence-corrected chi connectivity index (χ4v) is 1.63. The zero-order chi connectivity index (χ0) is 11.8. The fraction of sp³-hybridized carbons (Fsp3) is 0.125. The largest absolute Gasteiger partial charge is 0.398 e. The van der Waals surface area contributed by atoms with Gasteiger partial charge in [-0.1, -0.05) is 17.2 Å². The zero-order valence-electron chi connectivity index (χ0n) is 7.99. The van der Waals surface area contributed by atoms with Crippen molar-refractivity contribution in [3.63, 3.8) is 0 Å². The normalized spacial score (nSPS) is 10.1. The first kappa shape index (κ1) is 13.1. The van der Waals surface area contributed by atoms with Crippen LogP contribution in [0.2, 0.25) is 0 Å². The van der Waals surface area contributed by atoms with Crippen LogP contribution in [-0.2, 0) is 18.3 Å². The summed E-state index contributed by atoms with van der Waals surface area (Å²) in [6, 6.07) is 6.99. The van der Waals surface area contributed by atoms with Gasteiger partial charge in [-0.2, -0.15) is 0 Å². The average molecular weight is 263 g/mol. The van der Waals surface area contributed by atoms with Crippen LogP contribution >= 0.6 is 24.1 Å². The molecule has 1 aromatic carbocycles. The molecule has 0 aliphatic carbocycles. The van der Waals surface area contributed by atoms with Crippen LogP contribution in [0.15, 0.2) is 29.2 Å². The molecule has 0 fully saturated rings. The third-order valence-corrected chi connectivity index (χ3v) is 2.73. The smallest absolute Gasteiger partial charge is 0.330 e. The summed E-state index contributed by atoms with van der Waals surface area (Å²) in [5.74, 6) is -0.643. The Balaban J connectivity index is 2.29. The molecular weight excluding hydrogens is 254 g/mol. The summed E-state index contributed by atoms with van der Waals surface area (Å²) in [5, 5.41) is 11.1. The SMILES string of the molecule is Nc1ccccc1SOC(=O)CSOOO. The summed E-state index contributed by atoms with van der Waals surface area (Å²) in [5.41, 5.74) is 6.16. The molecule has 1 rings (SSSR count). The summed E-state index contributed by atoms with van der Waals surface area (Å²) in [6.45, 7) is 0. The van der Waals surface area contributed by atoms with E-state index < -0.39 is 5.97 Å². The molecule has 0 amide bonds. The van der Waals surface area contributed by atoms with Crippen molar-refractivity contribution in [2.45, 2.75) is 4.90 Å². The van der Waals surface area contributed by atoms with E-state index in [0.717, 1.165) is 12.0 Å². The molecule has 0 aliphatic heterocycles. The molecule has 0 bridgehead atoms. The van der Waals surface area contributed by atoms with Gasteiger partial charge in [0.25, 0.3) is 0 Å². The maximum absolute atomic E-state index is 11.1. The van der Waals surface area contributed by atoms with Crippen LogP contribution in [0.3, 0.4) is 0 Å². The molecule has 0 unspecified atom stereocenters. The molecule has 0 saturated heterocycles. The van der Waals surface area contributed by atoms with E-state index in [1.807, 2.05) is 0 Å². The van der Waals surface area contributed by atoms with Gasteiger partial charge in [-0.25, -0.2) is 5.26 Å². The van der Waals surface area contributed by atoms with Gasteiger partial charge in [0.05, 0.1) is 16.9 Å². The van der Waals surface area contributed by atoms with E-state index >= 15 is 0 Å². The minimum atomic E-state index is -0.532. The molecule has 0 spiro atoms. The first-order valence-corrected chi connectivity index (χ1v) is 5.71. The van der Waals surface area contributed by atoms with Crippen LogP contribution in [0.5, 0.6) is 0 Å². The first-order valence-electron chi connectivity index (χ1n) is 4.05. The maximum atomic E-state index is 11.1. The Labute approximate surface area is 100 Å². The van der Waals surface area contributed by atoms with E-state index in [1.165, 1.54) is 0 Å². The average Bonchev–Trinajstić information content (AvgIpc) is 2.28. The lowest BCUT2D eigenvalue weighted by Gasteiger charge is -2.03. The van der Waals surface area contributed by atoms with E-state index in [9.17, 15) is 4.79 Å². The number of nitrogen functional groups attached to an aromatic ring is 1. The number of anilines is 1. The number of hydrogen-bond donors (Lipinski definition) is 2. The van der Waals surface area contributed by atoms with Gasteiger partial charge >= 0.3 is 5.97 Å². The number of hydrogen-bond acceptors (Lipinski definition) is 8. The molecule has 8 heteroatoms. The second-order valence-corrected chi connectivity index (χ2v) is 3.91.